The first-order valence-corrected chi connectivity index (χ1v) is 29.3. The van der Waals surface area contributed by atoms with Gasteiger partial charge in [-0.3, -0.25) is 14.4 Å². The number of carbonyl (C=O) groups excluding carboxylic acids is 3. The second-order valence-corrected chi connectivity index (χ2v) is 19.6. The first kappa shape index (κ1) is 65.1. The smallest absolute Gasteiger partial charge is 0.306 e. The minimum atomic E-state index is -0.795. The van der Waals surface area contributed by atoms with Crippen molar-refractivity contribution < 1.29 is 28.6 Å². The summed E-state index contributed by atoms with van der Waals surface area (Å²) in [5.74, 6) is -0.927. The lowest BCUT2D eigenvalue weighted by molar-refractivity contribution is -0.167. The highest BCUT2D eigenvalue weighted by Gasteiger charge is 2.19. The Hall–Kier alpha value is -2.89. The molecule has 6 heteroatoms. The molecule has 6 nitrogen and oxygen atoms in total. The Morgan fingerprint density at radius 2 is 0.529 bits per heavy atom. The fourth-order valence-electron chi connectivity index (χ4n) is 8.30. The fourth-order valence-corrected chi connectivity index (χ4v) is 8.30. The van der Waals surface area contributed by atoms with Crippen LogP contribution in [0.1, 0.15) is 297 Å². The maximum atomic E-state index is 12.9. The van der Waals surface area contributed by atoms with Gasteiger partial charge in [0.15, 0.2) is 6.10 Å². The van der Waals surface area contributed by atoms with Crippen LogP contribution in [0, 0.1) is 0 Å². The summed E-state index contributed by atoms with van der Waals surface area (Å²) in [6, 6.07) is 0. The van der Waals surface area contributed by atoms with Crippen LogP contribution in [-0.2, 0) is 28.6 Å². The zero-order valence-corrected chi connectivity index (χ0v) is 45.1. The van der Waals surface area contributed by atoms with Crippen molar-refractivity contribution in [3.63, 3.8) is 0 Å². The Morgan fingerprint density at radius 3 is 0.838 bits per heavy atom. The van der Waals surface area contributed by atoms with E-state index >= 15 is 0 Å². The van der Waals surface area contributed by atoms with Crippen molar-refractivity contribution in [2.75, 3.05) is 13.2 Å². The van der Waals surface area contributed by atoms with E-state index in [1.807, 2.05) is 0 Å². The van der Waals surface area contributed by atoms with Crippen LogP contribution >= 0.6 is 0 Å². The summed E-state index contributed by atoms with van der Waals surface area (Å²) in [6.45, 7) is 6.61. The molecule has 1 unspecified atom stereocenters. The van der Waals surface area contributed by atoms with Crippen LogP contribution in [0.4, 0.5) is 0 Å². The summed E-state index contributed by atoms with van der Waals surface area (Å²) in [5, 5.41) is 0. The number of carbonyl (C=O) groups is 3. The van der Waals surface area contributed by atoms with Crippen LogP contribution in [0.5, 0.6) is 0 Å². The van der Waals surface area contributed by atoms with E-state index in [1.54, 1.807) is 0 Å². The van der Waals surface area contributed by atoms with Gasteiger partial charge in [-0.2, -0.15) is 0 Å². The highest BCUT2D eigenvalue weighted by molar-refractivity contribution is 5.71. The van der Waals surface area contributed by atoms with Crippen molar-refractivity contribution in [3.05, 3.63) is 60.8 Å². The zero-order chi connectivity index (χ0) is 49.3. The summed E-state index contributed by atoms with van der Waals surface area (Å²) in [5.41, 5.74) is 0. The van der Waals surface area contributed by atoms with Crippen LogP contribution in [-0.4, -0.2) is 37.2 Å². The molecule has 0 N–H and O–H groups in total. The van der Waals surface area contributed by atoms with Crippen molar-refractivity contribution in [1.82, 2.24) is 0 Å². The number of hydrogen-bond donors (Lipinski definition) is 0. The lowest BCUT2D eigenvalue weighted by atomic mass is 10.1. The average molecular weight is 952 g/mol. The van der Waals surface area contributed by atoms with Gasteiger partial charge in [-0.1, -0.05) is 242 Å². The van der Waals surface area contributed by atoms with E-state index in [4.69, 9.17) is 14.2 Å². The second-order valence-electron chi connectivity index (χ2n) is 19.6. The Balaban J connectivity index is 4.44. The molecule has 0 aromatic heterocycles. The first-order valence-electron chi connectivity index (χ1n) is 29.3. The van der Waals surface area contributed by atoms with E-state index in [-0.39, 0.29) is 31.1 Å². The van der Waals surface area contributed by atoms with Crippen LogP contribution in [0.25, 0.3) is 0 Å². The molecule has 68 heavy (non-hydrogen) atoms. The number of esters is 3. The van der Waals surface area contributed by atoms with E-state index in [2.05, 4.69) is 81.5 Å². The van der Waals surface area contributed by atoms with Crippen molar-refractivity contribution in [2.45, 2.75) is 303 Å². The summed E-state index contributed by atoms with van der Waals surface area (Å²) in [4.78, 5) is 38.1. The lowest BCUT2D eigenvalue weighted by Crippen LogP contribution is -2.30. The van der Waals surface area contributed by atoms with Gasteiger partial charge < -0.3 is 14.2 Å². The van der Waals surface area contributed by atoms with E-state index in [1.165, 1.54) is 148 Å². The lowest BCUT2D eigenvalue weighted by Gasteiger charge is -2.18. The fraction of sp³-hybridized carbons (Fsp3) is 0.790. The topological polar surface area (TPSA) is 78.9 Å². The maximum absolute atomic E-state index is 12.9. The molecule has 0 aromatic rings. The molecule has 0 bridgehead atoms. The number of hydrogen-bond acceptors (Lipinski definition) is 6. The Bertz CT molecular complexity index is 1230. The normalized spacial score (nSPS) is 12.5. The highest BCUT2D eigenvalue weighted by atomic mass is 16.6. The van der Waals surface area contributed by atoms with Crippen LogP contribution in [0.15, 0.2) is 60.8 Å². The number of allylic oxidation sites excluding steroid dienone is 10. The summed E-state index contributed by atoms with van der Waals surface area (Å²) in [7, 11) is 0. The third-order valence-corrected chi connectivity index (χ3v) is 12.8. The zero-order valence-electron chi connectivity index (χ0n) is 45.1. The van der Waals surface area contributed by atoms with Gasteiger partial charge in [-0.25, -0.2) is 0 Å². The Morgan fingerprint density at radius 1 is 0.294 bits per heavy atom. The summed E-state index contributed by atoms with van der Waals surface area (Å²) < 4.78 is 16.8. The van der Waals surface area contributed by atoms with Gasteiger partial charge in [0, 0.05) is 19.3 Å². The van der Waals surface area contributed by atoms with Crippen molar-refractivity contribution in [3.8, 4) is 0 Å². The van der Waals surface area contributed by atoms with Gasteiger partial charge in [-0.05, 0) is 96.3 Å². The number of rotatable bonds is 53. The second kappa shape index (κ2) is 56.7. The molecular formula is C62H110O6. The number of ether oxygens (including phenoxy) is 3. The van der Waals surface area contributed by atoms with E-state index in [0.29, 0.717) is 19.3 Å². The molecule has 394 valence electrons. The maximum Gasteiger partial charge on any atom is 0.306 e. The van der Waals surface area contributed by atoms with Crippen LogP contribution in [0.2, 0.25) is 0 Å². The van der Waals surface area contributed by atoms with Crippen LogP contribution in [0.3, 0.4) is 0 Å². The molecule has 0 aliphatic heterocycles. The van der Waals surface area contributed by atoms with Crippen molar-refractivity contribution in [1.29, 1.82) is 0 Å². The third-order valence-electron chi connectivity index (χ3n) is 12.8. The largest absolute Gasteiger partial charge is 0.462 e. The van der Waals surface area contributed by atoms with E-state index in [0.717, 1.165) is 109 Å². The van der Waals surface area contributed by atoms with Gasteiger partial charge in [-0.15, -0.1) is 0 Å². The van der Waals surface area contributed by atoms with E-state index in [9.17, 15) is 14.4 Å². The Kier molecular flexibility index (Phi) is 54.3. The molecular weight excluding hydrogens is 841 g/mol. The van der Waals surface area contributed by atoms with Gasteiger partial charge in [0.05, 0.1) is 0 Å². The standard InChI is InChI=1S/C62H110O6/c1-4-7-10-13-16-19-22-25-28-30-32-34-37-40-43-46-49-52-55-61(64)67-58-59(57-66-60(63)54-51-48-45-42-39-36-27-24-21-18-15-12-9-6-3)68-62(65)56-53-50-47-44-41-38-35-33-31-29-26-23-20-17-14-11-8-5-2/h28-36,39,59H,4-27,37-38,40-58H2,1-3H3/b30-28-,31-29-,34-32-,35-33-,39-36-. The molecule has 0 aliphatic carbocycles. The highest BCUT2D eigenvalue weighted by Crippen LogP contribution is 2.15. The summed E-state index contributed by atoms with van der Waals surface area (Å²) in [6.07, 6.45) is 70.7. The number of unbranched alkanes of at least 4 members (excludes halogenated alkanes) is 34. The average Bonchev–Trinajstić information content (AvgIpc) is 3.34. The SMILES string of the molecule is CCCCCCCCC/C=C\C=C/CCCCCCCC(=O)OCC(COC(=O)CCCCC/C=C\CCCCCCCCC)OC(=O)CCCCCCC/C=C\C=C/CCCCCCCCC. The molecule has 0 rings (SSSR count). The molecule has 0 spiro atoms. The van der Waals surface area contributed by atoms with Gasteiger partial charge in [0.25, 0.3) is 0 Å². The van der Waals surface area contributed by atoms with Crippen LogP contribution < -0.4 is 0 Å². The van der Waals surface area contributed by atoms with Crippen molar-refractivity contribution in [2.24, 2.45) is 0 Å². The molecule has 0 saturated heterocycles. The molecule has 1 atom stereocenters. The van der Waals surface area contributed by atoms with E-state index < -0.39 is 6.10 Å². The predicted molar refractivity (Wildman–Crippen MR) is 293 cm³/mol. The minimum Gasteiger partial charge on any atom is -0.462 e. The molecule has 0 fully saturated rings. The molecule has 0 aromatic carbocycles. The third kappa shape index (κ3) is 54.1. The molecule has 0 radical (unpaired) electrons. The van der Waals surface area contributed by atoms with Gasteiger partial charge >= 0.3 is 17.9 Å². The molecule has 0 heterocycles. The molecule has 0 saturated carbocycles. The Labute approximate surface area is 421 Å². The van der Waals surface area contributed by atoms with Crippen molar-refractivity contribution >= 4 is 17.9 Å². The van der Waals surface area contributed by atoms with Gasteiger partial charge in [0.2, 0.25) is 0 Å². The molecule has 0 aliphatic rings. The molecule has 0 amide bonds. The minimum absolute atomic E-state index is 0.0926. The van der Waals surface area contributed by atoms with Gasteiger partial charge in [0.1, 0.15) is 13.2 Å². The summed E-state index contributed by atoms with van der Waals surface area (Å²) >= 11 is 0. The quantitative estimate of drug-likeness (QED) is 0.0199. The monoisotopic (exact) mass is 951 g/mol. The predicted octanol–water partition coefficient (Wildman–Crippen LogP) is 19.6. The first-order chi connectivity index (χ1) is 33.5.